The molecule has 4 rings (SSSR count). The van der Waals surface area contributed by atoms with Crippen molar-refractivity contribution in [2.24, 2.45) is 0 Å². The first-order chi connectivity index (χ1) is 12.4. The third kappa shape index (κ3) is 2.56. The first kappa shape index (κ1) is 17.0. The number of amides is 1. The highest BCUT2D eigenvalue weighted by atomic mass is 32.1. The average Bonchev–Trinajstić information content (AvgIpc) is 3.26. The summed E-state index contributed by atoms with van der Waals surface area (Å²) in [5.41, 5.74) is 2.77. The molecule has 3 aromatic rings. The van der Waals surface area contributed by atoms with Crippen molar-refractivity contribution in [2.75, 3.05) is 13.1 Å². The minimum absolute atomic E-state index is 0.136. The summed E-state index contributed by atoms with van der Waals surface area (Å²) in [6.45, 7) is 9.00. The molecular formula is C18H21N5O2S. The summed E-state index contributed by atoms with van der Waals surface area (Å²) in [6.07, 6.45) is 2.26. The first-order valence-corrected chi connectivity index (χ1v) is 9.48. The number of hydrogen-bond donors (Lipinski definition) is 0. The summed E-state index contributed by atoms with van der Waals surface area (Å²) in [4.78, 5) is 33.5. The van der Waals surface area contributed by atoms with Crippen molar-refractivity contribution in [1.82, 2.24) is 24.1 Å². The topological polar surface area (TPSA) is 72.5 Å². The Morgan fingerprint density at radius 1 is 1.27 bits per heavy atom. The van der Waals surface area contributed by atoms with Crippen molar-refractivity contribution < 1.29 is 4.79 Å². The molecule has 1 amide bonds. The van der Waals surface area contributed by atoms with Crippen LogP contribution in [0, 0.1) is 27.7 Å². The fraction of sp³-hybridized carbons (Fsp3) is 0.444. The van der Waals surface area contributed by atoms with Gasteiger partial charge in [-0.25, -0.2) is 4.98 Å². The van der Waals surface area contributed by atoms with Crippen molar-refractivity contribution >= 4 is 22.2 Å². The molecular weight excluding hydrogens is 350 g/mol. The largest absolute Gasteiger partial charge is 0.336 e. The van der Waals surface area contributed by atoms with E-state index in [1.165, 1.54) is 17.5 Å². The Morgan fingerprint density at radius 3 is 2.73 bits per heavy atom. The fourth-order valence-electron chi connectivity index (χ4n) is 3.63. The van der Waals surface area contributed by atoms with Gasteiger partial charge in [-0.2, -0.15) is 5.10 Å². The molecule has 0 N–H and O–H groups in total. The Labute approximate surface area is 154 Å². The summed E-state index contributed by atoms with van der Waals surface area (Å²) < 4.78 is 3.53. The zero-order chi connectivity index (χ0) is 18.6. The van der Waals surface area contributed by atoms with Crippen molar-refractivity contribution in [3.05, 3.63) is 50.1 Å². The number of fused-ring (bicyclic) bond motifs is 1. The maximum atomic E-state index is 12.9. The number of carbonyl (C=O) groups excluding carboxylic acids is 1. The molecule has 0 aliphatic carbocycles. The number of carbonyl (C=O) groups is 1. The van der Waals surface area contributed by atoms with E-state index in [9.17, 15) is 9.59 Å². The molecule has 7 nitrogen and oxygen atoms in total. The number of thiazole rings is 1. The zero-order valence-corrected chi connectivity index (χ0v) is 16.1. The van der Waals surface area contributed by atoms with E-state index in [0.29, 0.717) is 18.1 Å². The van der Waals surface area contributed by atoms with E-state index < -0.39 is 0 Å². The predicted octanol–water partition coefficient (Wildman–Crippen LogP) is 2.27. The molecule has 3 aromatic heterocycles. The summed E-state index contributed by atoms with van der Waals surface area (Å²) in [5.74, 6) is -0.246. The highest BCUT2D eigenvalue weighted by Crippen LogP contribution is 2.24. The zero-order valence-electron chi connectivity index (χ0n) is 15.3. The van der Waals surface area contributed by atoms with Crippen LogP contribution in [0.1, 0.15) is 44.8 Å². The Kier molecular flexibility index (Phi) is 3.95. The van der Waals surface area contributed by atoms with Crippen molar-refractivity contribution in [3.63, 3.8) is 0 Å². The first-order valence-electron chi connectivity index (χ1n) is 8.66. The SMILES string of the molecule is Cc1cc(C)n([C@@H]2CCN(C(=O)c3cnc4sc(C)c(C)n4c3=O)C2)n1. The molecule has 0 aromatic carbocycles. The lowest BCUT2D eigenvalue weighted by atomic mass is 10.2. The third-order valence-corrected chi connectivity index (χ3v) is 6.16. The molecule has 1 fully saturated rings. The van der Waals surface area contributed by atoms with Crippen LogP contribution in [-0.2, 0) is 0 Å². The number of aromatic nitrogens is 4. The fourth-order valence-corrected chi connectivity index (χ4v) is 4.56. The van der Waals surface area contributed by atoms with E-state index in [1.807, 2.05) is 38.4 Å². The highest BCUT2D eigenvalue weighted by molar-refractivity contribution is 7.17. The van der Waals surface area contributed by atoms with Gasteiger partial charge in [0, 0.05) is 35.6 Å². The van der Waals surface area contributed by atoms with E-state index in [4.69, 9.17) is 0 Å². The summed E-state index contributed by atoms with van der Waals surface area (Å²) in [7, 11) is 0. The van der Waals surface area contributed by atoms with Crippen molar-refractivity contribution in [3.8, 4) is 0 Å². The maximum Gasteiger partial charge on any atom is 0.271 e. The lowest BCUT2D eigenvalue weighted by Crippen LogP contribution is -2.34. The summed E-state index contributed by atoms with van der Waals surface area (Å²) in [6, 6.07) is 2.19. The Morgan fingerprint density at radius 2 is 2.04 bits per heavy atom. The molecule has 0 radical (unpaired) electrons. The predicted molar refractivity (Wildman–Crippen MR) is 100 cm³/mol. The minimum atomic E-state index is -0.281. The summed E-state index contributed by atoms with van der Waals surface area (Å²) >= 11 is 1.46. The number of nitrogens with zero attached hydrogens (tertiary/aromatic N) is 5. The van der Waals surface area contributed by atoms with Gasteiger partial charge in [-0.05, 0) is 40.2 Å². The number of rotatable bonds is 2. The van der Waals surface area contributed by atoms with E-state index in [2.05, 4.69) is 10.1 Å². The lowest BCUT2D eigenvalue weighted by molar-refractivity contribution is 0.0784. The molecule has 1 atom stereocenters. The molecule has 4 heterocycles. The van der Waals surface area contributed by atoms with Crippen molar-refractivity contribution in [2.45, 2.75) is 40.2 Å². The second-order valence-electron chi connectivity index (χ2n) is 6.90. The van der Waals surface area contributed by atoms with Crippen LogP contribution in [0.3, 0.4) is 0 Å². The van der Waals surface area contributed by atoms with E-state index in [-0.39, 0.29) is 23.1 Å². The minimum Gasteiger partial charge on any atom is -0.336 e. The second-order valence-corrected chi connectivity index (χ2v) is 8.09. The van der Waals surface area contributed by atoms with Crippen LogP contribution in [0.2, 0.25) is 0 Å². The van der Waals surface area contributed by atoms with Gasteiger partial charge >= 0.3 is 0 Å². The second kappa shape index (κ2) is 6.05. The summed E-state index contributed by atoms with van der Waals surface area (Å²) in [5, 5.41) is 4.53. The van der Waals surface area contributed by atoms with Gasteiger partial charge in [0.15, 0.2) is 4.96 Å². The molecule has 0 spiro atoms. The molecule has 1 saturated heterocycles. The van der Waals surface area contributed by atoms with Crippen LogP contribution in [0.4, 0.5) is 0 Å². The standard InChI is InChI=1S/C18H21N5O2S/c1-10-7-11(2)23(20-10)14-5-6-21(9-14)16(24)15-8-19-18-22(17(15)25)12(3)13(4)26-18/h7-8,14H,5-6,9H2,1-4H3/t14-/m1/s1. The van der Waals surface area contributed by atoms with Crippen LogP contribution in [0.15, 0.2) is 17.1 Å². The highest BCUT2D eigenvalue weighted by Gasteiger charge is 2.31. The molecule has 1 aliphatic rings. The van der Waals surface area contributed by atoms with Crippen LogP contribution in [0.25, 0.3) is 4.96 Å². The number of aryl methyl sites for hydroxylation is 4. The van der Waals surface area contributed by atoms with Gasteiger partial charge in [0.25, 0.3) is 11.5 Å². The average molecular weight is 371 g/mol. The Balaban J connectivity index is 1.64. The van der Waals surface area contributed by atoms with Gasteiger partial charge in [0.2, 0.25) is 0 Å². The van der Waals surface area contributed by atoms with Crippen molar-refractivity contribution in [1.29, 1.82) is 0 Å². The van der Waals surface area contributed by atoms with Gasteiger partial charge in [-0.1, -0.05) is 0 Å². The van der Waals surface area contributed by atoms with Crippen LogP contribution < -0.4 is 5.56 Å². The van der Waals surface area contributed by atoms with Gasteiger partial charge < -0.3 is 4.90 Å². The van der Waals surface area contributed by atoms with Gasteiger partial charge in [-0.3, -0.25) is 18.7 Å². The van der Waals surface area contributed by atoms with Gasteiger partial charge in [-0.15, -0.1) is 11.3 Å². The molecule has 1 aliphatic heterocycles. The molecule has 26 heavy (non-hydrogen) atoms. The number of hydrogen-bond acceptors (Lipinski definition) is 5. The number of likely N-dealkylation sites (tertiary alicyclic amines) is 1. The van der Waals surface area contributed by atoms with Crippen LogP contribution in [-0.4, -0.2) is 43.1 Å². The monoisotopic (exact) mass is 371 g/mol. The lowest BCUT2D eigenvalue weighted by Gasteiger charge is -2.17. The maximum absolute atomic E-state index is 12.9. The van der Waals surface area contributed by atoms with E-state index in [1.54, 1.807) is 9.30 Å². The van der Waals surface area contributed by atoms with E-state index >= 15 is 0 Å². The molecule has 136 valence electrons. The van der Waals surface area contributed by atoms with Gasteiger partial charge in [0.1, 0.15) is 5.56 Å². The molecule has 0 saturated carbocycles. The smallest absolute Gasteiger partial charge is 0.271 e. The van der Waals surface area contributed by atoms with Gasteiger partial charge in [0.05, 0.1) is 11.7 Å². The quantitative estimate of drug-likeness (QED) is 0.693. The van der Waals surface area contributed by atoms with E-state index in [0.717, 1.165) is 28.4 Å². The molecule has 8 heteroatoms. The van der Waals surface area contributed by atoms with Crippen LogP contribution in [0.5, 0.6) is 0 Å². The molecule has 0 unspecified atom stereocenters. The Bertz CT molecular complexity index is 1080. The Hall–Kier alpha value is -2.48. The third-order valence-electron chi connectivity index (χ3n) is 5.09. The molecule has 0 bridgehead atoms. The normalized spacial score (nSPS) is 17.4. The van der Waals surface area contributed by atoms with Crippen LogP contribution >= 0.6 is 11.3 Å².